The summed E-state index contributed by atoms with van der Waals surface area (Å²) in [5.74, 6) is -0.0861. The van der Waals surface area contributed by atoms with Gasteiger partial charge in [-0.05, 0) is 0 Å². The number of benzene rings is 1. The fourth-order valence-electron chi connectivity index (χ4n) is 1.51. The molecule has 0 spiro atoms. The molecule has 1 aliphatic heterocycles. The van der Waals surface area contributed by atoms with Crippen LogP contribution in [0.25, 0.3) is 0 Å². The van der Waals surface area contributed by atoms with Gasteiger partial charge in [0.05, 0.1) is 7.11 Å². The number of hydrogen-bond acceptors (Lipinski definition) is 5. The molecule has 0 saturated heterocycles. The molecule has 1 aromatic rings. The molecular formula is C11H13FO5. The van der Waals surface area contributed by atoms with Gasteiger partial charge in [0.1, 0.15) is 13.2 Å². The highest BCUT2D eigenvalue weighted by Crippen LogP contribution is 2.44. The van der Waals surface area contributed by atoms with Crippen molar-refractivity contribution < 1.29 is 28.1 Å². The van der Waals surface area contributed by atoms with E-state index in [-0.39, 0.29) is 24.0 Å². The monoisotopic (exact) mass is 244 g/mol. The van der Waals surface area contributed by atoms with Gasteiger partial charge in [-0.15, -0.1) is 0 Å². The molecule has 6 heteroatoms. The lowest BCUT2D eigenvalue weighted by Gasteiger charge is -2.21. The molecule has 0 radical (unpaired) electrons. The first kappa shape index (κ1) is 11.8. The van der Waals surface area contributed by atoms with E-state index in [4.69, 9.17) is 23.7 Å². The predicted molar refractivity (Wildman–Crippen MR) is 56.4 cm³/mol. The van der Waals surface area contributed by atoms with Gasteiger partial charge < -0.3 is 23.7 Å². The van der Waals surface area contributed by atoms with Gasteiger partial charge in [-0.1, -0.05) is 0 Å². The van der Waals surface area contributed by atoms with Crippen LogP contribution in [-0.4, -0.2) is 34.2 Å². The Morgan fingerprint density at radius 3 is 2.76 bits per heavy atom. The van der Waals surface area contributed by atoms with Crippen LogP contribution in [0.15, 0.2) is 6.07 Å². The Morgan fingerprint density at radius 1 is 1.29 bits per heavy atom. The van der Waals surface area contributed by atoms with Gasteiger partial charge in [-0.3, -0.25) is 0 Å². The smallest absolute Gasteiger partial charge is 0.214 e. The highest BCUT2D eigenvalue weighted by atomic mass is 19.1. The molecule has 0 bridgehead atoms. The fourth-order valence-corrected chi connectivity index (χ4v) is 1.51. The molecule has 0 N–H and O–H groups in total. The van der Waals surface area contributed by atoms with E-state index in [0.717, 1.165) is 0 Å². The van der Waals surface area contributed by atoms with Crippen molar-refractivity contribution in [2.24, 2.45) is 0 Å². The SMILES string of the molecule is COCOc1c(OC)cc2c(c1F)OCCO2. The zero-order valence-electron chi connectivity index (χ0n) is 9.62. The summed E-state index contributed by atoms with van der Waals surface area (Å²) >= 11 is 0. The molecule has 0 fully saturated rings. The van der Waals surface area contributed by atoms with Gasteiger partial charge in [0.15, 0.2) is 18.3 Å². The molecule has 2 rings (SSSR count). The summed E-state index contributed by atoms with van der Waals surface area (Å²) in [6.07, 6.45) is 0. The summed E-state index contributed by atoms with van der Waals surface area (Å²) < 4.78 is 39.4. The largest absolute Gasteiger partial charge is 0.493 e. The number of rotatable bonds is 4. The zero-order chi connectivity index (χ0) is 12.3. The number of fused-ring (bicyclic) bond motifs is 1. The summed E-state index contributed by atoms with van der Waals surface area (Å²) in [4.78, 5) is 0. The molecule has 1 aromatic carbocycles. The lowest BCUT2D eigenvalue weighted by Crippen LogP contribution is -2.17. The Labute approximate surface area is 98.0 Å². The lowest BCUT2D eigenvalue weighted by molar-refractivity contribution is 0.0450. The molecular weight excluding hydrogens is 231 g/mol. The summed E-state index contributed by atoms with van der Waals surface area (Å²) in [5, 5.41) is 0. The fraction of sp³-hybridized carbons (Fsp3) is 0.455. The first-order chi connectivity index (χ1) is 8.27. The lowest BCUT2D eigenvalue weighted by atomic mass is 10.2. The van der Waals surface area contributed by atoms with Gasteiger partial charge >= 0.3 is 0 Å². The summed E-state index contributed by atoms with van der Waals surface area (Å²) in [7, 11) is 2.87. The van der Waals surface area contributed by atoms with Crippen molar-refractivity contribution >= 4 is 0 Å². The minimum atomic E-state index is -0.642. The van der Waals surface area contributed by atoms with Crippen LogP contribution < -0.4 is 18.9 Å². The van der Waals surface area contributed by atoms with E-state index in [1.54, 1.807) is 0 Å². The number of halogens is 1. The van der Waals surface area contributed by atoms with Crippen molar-refractivity contribution in [3.63, 3.8) is 0 Å². The second kappa shape index (κ2) is 5.09. The van der Waals surface area contributed by atoms with Gasteiger partial charge in [-0.2, -0.15) is 4.39 Å². The Morgan fingerprint density at radius 2 is 2.06 bits per heavy atom. The second-order valence-electron chi connectivity index (χ2n) is 3.30. The van der Waals surface area contributed by atoms with Crippen molar-refractivity contribution in [1.82, 2.24) is 0 Å². The van der Waals surface area contributed by atoms with Crippen molar-refractivity contribution in [1.29, 1.82) is 0 Å². The normalized spacial score (nSPS) is 13.4. The first-order valence-electron chi connectivity index (χ1n) is 5.05. The van der Waals surface area contributed by atoms with E-state index in [1.807, 2.05) is 0 Å². The van der Waals surface area contributed by atoms with Crippen LogP contribution in [0.1, 0.15) is 0 Å². The first-order valence-corrected chi connectivity index (χ1v) is 5.05. The number of ether oxygens (including phenoxy) is 5. The van der Waals surface area contributed by atoms with Crippen LogP contribution in [0.2, 0.25) is 0 Å². The molecule has 1 aliphatic rings. The Kier molecular flexibility index (Phi) is 3.53. The molecule has 0 unspecified atom stereocenters. The van der Waals surface area contributed by atoms with Crippen LogP contribution in [0.4, 0.5) is 4.39 Å². The van der Waals surface area contributed by atoms with Gasteiger partial charge in [-0.25, -0.2) is 0 Å². The van der Waals surface area contributed by atoms with E-state index in [9.17, 15) is 4.39 Å². The maximum absolute atomic E-state index is 14.1. The Hall–Kier alpha value is -1.69. The predicted octanol–water partition coefficient (Wildman–Crippen LogP) is 1.59. The molecule has 0 atom stereocenters. The molecule has 0 aromatic heterocycles. The van der Waals surface area contributed by atoms with Crippen LogP contribution in [-0.2, 0) is 4.74 Å². The standard InChI is InChI=1S/C11H13FO5/c1-13-6-17-10-7(14-2)5-8-11(9(10)12)16-4-3-15-8/h5H,3-4,6H2,1-2H3. The Bertz CT molecular complexity index is 407. The van der Waals surface area contributed by atoms with E-state index in [1.165, 1.54) is 20.3 Å². The molecule has 0 saturated carbocycles. The topological polar surface area (TPSA) is 46.2 Å². The van der Waals surface area contributed by atoms with Crippen LogP contribution in [0, 0.1) is 5.82 Å². The maximum Gasteiger partial charge on any atom is 0.214 e. The van der Waals surface area contributed by atoms with Gasteiger partial charge in [0.2, 0.25) is 17.3 Å². The summed E-state index contributed by atoms with van der Waals surface area (Å²) in [6, 6.07) is 1.53. The summed E-state index contributed by atoms with van der Waals surface area (Å²) in [6.45, 7) is 0.612. The van der Waals surface area contributed by atoms with E-state index in [0.29, 0.717) is 19.0 Å². The van der Waals surface area contributed by atoms with Gasteiger partial charge in [0.25, 0.3) is 0 Å². The van der Waals surface area contributed by atoms with E-state index < -0.39 is 5.82 Å². The average molecular weight is 244 g/mol. The van der Waals surface area contributed by atoms with E-state index in [2.05, 4.69) is 0 Å². The highest BCUT2D eigenvalue weighted by Gasteiger charge is 2.25. The van der Waals surface area contributed by atoms with Crippen molar-refractivity contribution in [2.75, 3.05) is 34.2 Å². The Balaban J connectivity index is 2.41. The molecule has 17 heavy (non-hydrogen) atoms. The van der Waals surface area contributed by atoms with E-state index >= 15 is 0 Å². The third kappa shape index (κ3) is 2.21. The second-order valence-corrected chi connectivity index (χ2v) is 3.30. The molecule has 0 aliphatic carbocycles. The maximum atomic E-state index is 14.1. The van der Waals surface area contributed by atoms with Crippen LogP contribution in [0.3, 0.4) is 0 Å². The molecule has 94 valence electrons. The van der Waals surface area contributed by atoms with Crippen LogP contribution >= 0.6 is 0 Å². The number of hydrogen-bond donors (Lipinski definition) is 0. The number of methoxy groups -OCH3 is 2. The minimum absolute atomic E-state index is 0.0430. The molecule has 5 nitrogen and oxygen atoms in total. The minimum Gasteiger partial charge on any atom is -0.493 e. The van der Waals surface area contributed by atoms with Crippen LogP contribution in [0.5, 0.6) is 23.0 Å². The van der Waals surface area contributed by atoms with Crippen molar-refractivity contribution in [3.8, 4) is 23.0 Å². The third-order valence-corrected chi connectivity index (χ3v) is 2.24. The zero-order valence-corrected chi connectivity index (χ0v) is 9.62. The van der Waals surface area contributed by atoms with Gasteiger partial charge in [0, 0.05) is 13.2 Å². The summed E-state index contributed by atoms with van der Waals surface area (Å²) in [5.41, 5.74) is 0. The van der Waals surface area contributed by atoms with Crippen molar-refractivity contribution in [2.45, 2.75) is 0 Å². The third-order valence-electron chi connectivity index (χ3n) is 2.24. The quantitative estimate of drug-likeness (QED) is 0.752. The molecule has 0 amide bonds. The average Bonchev–Trinajstić information content (AvgIpc) is 2.37. The van der Waals surface area contributed by atoms with Crippen molar-refractivity contribution in [3.05, 3.63) is 11.9 Å². The highest BCUT2D eigenvalue weighted by molar-refractivity contribution is 5.56. The molecule has 1 heterocycles.